The second-order valence-corrected chi connectivity index (χ2v) is 4.10. The van der Waals surface area contributed by atoms with Gasteiger partial charge in [-0.1, -0.05) is 6.92 Å². The number of esters is 1. The van der Waals surface area contributed by atoms with Gasteiger partial charge in [-0.2, -0.15) is 0 Å². The lowest BCUT2D eigenvalue weighted by Crippen LogP contribution is -2.32. The molecule has 0 atom stereocenters. The summed E-state index contributed by atoms with van der Waals surface area (Å²) in [6.07, 6.45) is 0.794. The topological polar surface area (TPSA) is 38.8 Å². The first kappa shape index (κ1) is 15.4. The molecule has 0 heterocycles. The van der Waals surface area contributed by atoms with Crippen molar-refractivity contribution in [3.63, 3.8) is 0 Å². The highest BCUT2D eigenvalue weighted by molar-refractivity contribution is 5.71. The average molecular weight is 269 g/mol. The van der Waals surface area contributed by atoms with Crippen LogP contribution in [0.25, 0.3) is 0 Å². The molecule has 0 saturated carbocycles. The van der Waals surface area contributed by atoms with Gasteiger partial charge < -0.3 is 9.47 Å². The predicted molar refractivity (Wildman–Crippen MR) is 70.6 cm³/mol. The summed E-state index contributed by atoms with van der Waals surface area (Å²) in [7, 11) is 1.38. The van der Waals surface area contributed by atoms with E-state index < -0.39 is 0 Å². The molecule has 0 radical (unpaired) electrons. The minimum absolute atomic E-state index is 0.235. The van der Waals surface area contributed by atoms with Gasteiger partial charge in [-0.05, 0) is 37.2 Å². The van der Waals surface area contributed by atoms with Crippen LogP contribution in [0.2, 0.25) is 0 Å². The van der Waals surface area contributed by atoms with Crippen molar-refractivity contribution < 1.29 is 18.7 Å². The smallest absolute Gasteiger partial charge is 0.319 e. The Morgan fingerprint density at radius 2 is 2.00 bits per heavy atom. The van der Waals surface area contributed by atoms with Crippen LogP contribution in [0.15, 0.2) is 24.3 Å². The molecule has 19 heavy (non-hydrogen) atoms. The standard InChI is InChI=1S/C14H20FNO3/c1-3-16(11-14(17)18-2)9-4-10-19-13-7-5-12(15)6-8-13/h5-8H,3-4,9-11H2,1-2H3. The van der Waals surface area contributed by atoms with Gasteiger partial charge in [0.25, 0.3) is 0 Å². The van der Waals surface area contributed by atoms with Gasteiger partial charge in [0, 0.05) is 6.54 Å². The SMILES string of the molecule is CCN(CCCOc1ccc(F)cc1)CC(=O)OC. The summed E-state index contributed by atoms with van der Waals surface area (Å²) in [4.78, 5) is 13.1. The zero-order valence-corrected chi connectivity index (χ0v) is 11.4. The summed E-state index contributed by atoms with van der Waals surface area (Å²) >= 11 is 0. The number of hydrogen-bond acceptors (Lipinski definition) is 4. The van der Waals surface area contributed by atoms with E-state index in [1.54, 1.807) is 12.1 Å². The van der Waals surface area contributed by atoms with Crippen molar-refractivity contribution in [2.75, 3.05) is 33.4 Å². The lowest BCUT2D eigenvalue weighted by molar-refractivity contribution is -0.141. The molecule has 1 aromatic carbocycles. The second kappa shape index (κ2) is 8.48. The van der Waals surface area contributed by atoms with Crippen LogP contribution in [-0.4, -0.2) is 44.2 Å². The molecule has 0 fully saturated rings. The zero-order valence-electron chi connectivity index (χ0n) is 11.4. The Kier molecular flexibility index (Phi) is 6.89. The van der Waals surface area contributed by atoms with Crippen molar-refractivity contribution in [1.82, 2.24) is 4.90 Å². The fourth-order valence-corrected chi connectivity index (χ4v) is 1.61. The summed E-state index contributed by atoms with van der Waals surface area (Å²) in [5.74, 6) is 0.140. The molecule has 0 aromatic heterocycles. The van der Waals surface area contributed by atoms with Crippen LogP contribution in [0.3, 0.4) is 0 Å². The molecule has 0 saturated heterocycles. The second-order valence-electron chi connectivity index (χ2n) is 4.10. The highest BCUT2D eigenvalue weighted by Crippen LogP contribution is 2.11. The van der Waals surface area contributed by atoms with Crippen LogP contribution in [0.1, 0.15) is 13.3 Å². The van der Waals surface area contributed by atoms with Gasteiger partial charge in [0.15, 0.2) is 0 Å². The van der Waals surface area contributed by atoms with Crippen LogP contribution in [0.5, 0.6) is 5.75 Å². The molecule has 0 spiro atoms. The maximum Gasteiger partial charge on any atom is 0.319 e. The number of benzene rings is 1. The maximum atomic E-state index is 12.7. The van der Waals surface area contributed by atoms with E-state index in [0.29, 0.717) is 18.9 Å². The molecule has 1 rings (SSSR count). The van der Waals surface area contributed by atoms with E-state index in [2.05, 4.69) is 4.74 Å². The number of likely N-dealkylation sites (N-methyl/N-ethyl adjacent to an activating group) is 1. The minimum Gasteiger partial charge on any atom is -0.494 e. The first-order chi connectivity index (χ1) is 9.15. The van der Waals surface area contributed by atoms with Gasteiger partial charge >= 0.3 is 5.97 Å². The average Bonchev–Trinajstić information content (AvgIpc) is 2.43. The largest absolute Gasteiger partial charge is 0.494 e. The number of carbonyl (C=O) groups is 1. The fraction of sp³-hybridized carbons (Fsp3) is 0.500. The summed E-state index contributed by atoms with van der Waals surface area (Å²) < 4.78 is 22.8. The van der Waals surface area contributed by atoms with Crippen LogP contribution >= 0.6 is 0 Å². The van der Waals surface area contributed by atoms with Gasteiger partial charge in [-0.15, -0.1) is 0 Å². The molecule has 4 nitrogen and oxygen atoms in total. The highest BCUT2D eigenvalue weighted by atomic mass is 19.1. The summed E-state index contributed by atoms with van der Waals surface area (Å²) in [6, 6.07) is 5.93. The summed E-state index contributed by atoms with van der Waals surface area (Å²) in [5, 5.41) is 0. The van der Waals surface area contributed by atoms with E-state index >= 15 is 0 Å². The highest BCUT2D eigenvalue weighted by Gasteiger charge is 2.08. The van der Waals surface area contributed by atoms with Crippen molar-refractivity contribution >= 4 is 5.97 Å². The van der Waals surface area contributed by atoms with Crippen LogP contribution in [0.4, 0.5) is 4.39 Å². The molecule has 0 aliphatic heterocycles. The first-order valence-electron chi connectivity index (χ1n) is 6.33. The predicted octanol–water partition coefficient (Wildman–Crippen LogP) is 2.09. The van der Waals surface area contributed by atoms with E-state index in [-0.39, 0.29) is 11.8 Å². The minimum atomic E-state index is -0.275. The Bertz CT molecular complexity index is 381. The van der Waals surface area contributed by atoms with Crippen LogP contribution in [-0.2, 0) is 9.53 Å². The molecule has 0 aliphatic rings. The number of nitrogens with zero attached hydrogens (tertiary/aromatic N) is 1. The van der Waals surface area contributed by atoms with Gasteiger partial charge in [-0.3, -0.25) is 9.69 Å². The van der Waals surface area contributed by atoms with Crippen molar-refractivity contribution in [3.8, 4) is 5.75 Å². The van der Waals surface area contributed by atoms with Gasteiger partial charge in [-0.25, -0.2) is 4.39 Å². The van der Waals surface area contributed by atoms with Gasteiger partial charge in [0.1, 0.15) is 11.6 Å². The Morgan fingerprint density at radius 1 is 1.32 bits per heavy atom. The number of halogens is 1. The molecule has 0 bridgehead atoms. The van der Waals surface area contributed by atoms with E-state index in [1.165, 1.54) is 19.2 Å². The maximum absolute atomic E-state index is 12.7. The number of rotatable bonds is 8. The molecule has 0 amide bonds. The van der Waals surface area contributed by atoms with E-state index in [1.807, 2.05) is 11.8 Å². The van der Waals surface area contributed by atoms with Gasteiger partial charge in [0.05, 0.1) is 20.3 Å². The summed E-state index contributed by atoms with van der Waals surface area (Å²) in [5.41, 5.74) is 0. The van der Waals surface area contributed by atoms with Crippen LogP contribution < -0.4 is 4.74 Å². The number of hydrogen-bond donors (Lipinski definition) is 0. The molecule has 0 N–H and O–H groups in total. The third-order valence-electron chi connectivity index (χ3n) is 2.73. The third-order valence-corrected chi connectivity index (χ3v) is 2.73. The third kappa shape index (κ3) is 6.20. The van der Waals surface area contributed by atoms with Crippen molar-refractivity contribution in [1.29, 1.82) is 0 Å². The van der Waals surface area contributed by atoms with E-state index in [9.17, 15) is 9.18 Å². The molecule has 0 unspecified atom stereocenters. The molecule has 1 aromatic rings. The first-order valence-corrected chi connectivity index (χ1v) is 6.33. The molecule has 5 heteroatoms. The van der Waals surface area contributed by atoms with Crippen LogP contribution in [0, 0.1) is 5.82 Å². The lowest BCUT2D eigenvalue weighted by Gasteiger charge is -2.18. The molecule has 0 aliphatic carbocycles. The Labute approximate surface area is 113 Å². The number of carbonyl (C=O) groups excluding carboxylic acids is 1. The van der Waals surface area contributed by atoms with E-state index in [4.69, 9.17) is 4.74 Å². The van der Waals surface area contributed by atoms with Gasteiger partial charge in [0.2, 0.25) is 0 Å². The summed E-state index contributed by atoms with van der Waals surface area (Å²) in [6.45, 7) is 4.36. The molecular formula is C14H20FNO3. The van der Waals surface area contributed by atoms with Crippen molar-refractivity contribution in [2.45, 2.75) is 13.3 Å². The molecule has 106 valence electrons. The number of methoxy groups -OCH3 is 1. The Morgan fingerprint density at radius 3 is 2.58 bits per heavy atom. The Hall–Kier alpha value is -1.62. The zero-order chi connectivity index (χ0) is 14.1. The monoisotopic (exact) mass is 269 g/mol. The Balaban J connectivity index is 2.21. The van der Waals surface area contributed by atoms with E-state index in [0.717, 1.165) is 19.5 Å². The molecular weight excluding hydrogens is 249 g/mol. The number of ether oxygens (including phenoxy) is 2. The van der Waals surface area contributed by atoms with Crippen molar-refractivity contribution in [2.24, 2.45) is 0 Å². The van der Waals surface area contributed by atoms with Crippen molar-refractivity contribution in [3.05, 3.63) is 30.1 Å². The lowest BCUT2D eigenvalue weighted by atomic mass is 10.3. The fourth-order valence-electron chi connectivity index (χ4n) is 1.61. The quantitative estimate of drug-likeness (QED) is 0.535. The normalized spacial score (nSPS) is 10.5.